The topological polar surface area (TPSA) is 67.8 Å². The first kappa shape index (κ1) is 13.7. The Bertz CT molecular complexity index is 784. The highest BCUT2D eigenvalue weighted by atomic mass is 35.5. The molecule has 2 aromatic rings. The summed E-state index contributed by atoms with van der Waals surface area (Å²) in [5.41, 5.74) is -0.985. The van der Waals surface area contributed by atoms with Gasteiger partial charge >= 0.3 is 6.18 Å². The molecule has 2 rings (SSSR count). The molecule has 0 amide bonds. The van der Waals surface area contributed by atoms with E-state index in [4.69, 9.17) is 11.6 Å². The summed E-state index contributed by atoms with van der Waals surface area (Å²) in [6.07, 6.45) is -2.65. The molecule has 2 heterocycles. The Morgan fingerprint density at radius 3 is 2.53 bits per heavy atom. The third kappa shape index (κ3) is 2.82. The summed E-state index contributed by atoms with van der Waals surface area (Å²) in [4.78, 5) is 3.57. The van der Waals surface area contributed by atoms with Crippen LogP contribution < -0.4 is 0 Å². The van der Waals surface area contributed by atoms with E-state index < -0.39 is 22.0 Å². The smallest absolute Gasteiger partial charge is 0.279 e. The van der Waals surface area contributed by atoms with Gasteiger partial charge in [0, 0.05) is 12.4 Å². The minimum atomic E-state index is -4.54. The predicted octanol–water partition coefficient (Wildman–Crippen LogP) is 2.28. The van der Waals surface area contributed by atoms with Gasteiger partial charge in [-0.15, -0.1) is 0 Å². The summed E-state index contributed by atoms with van der Waals surface area (Å²) in [6, 6.07) is 1.93. The van der Waals surface area contributed by atoms with Gasteiger partial charge in [0.15, 0.2) is 10.5 Å². The molecule has 10 heteroatoms. The largest absolute Gasteiger partial charge is 0.417 e. The van der Waals surface area contributed by atoms with E-state index in [1.54, 1.807) is 0 Å². The van der Waals surface area contributed by atoms with Crippen LogP contribution in [0.1, 0.15) is 5.56 Å². The van der Waals surface area contributed by atoms with Gasteiger partial charge in [0.1, 0.15) is 0 Å². The lowest BCUT2D eigenvalue weighted by atomic mass is 10.3. The highest BCUT2D eigenvalue weighted by Crippen LogP contribution is 2.31. The second-order valence-corrected chi connectivity index (χ2v) is 4.74. The number of rotatable bonds is 1. The zero-order valence-electron chi connectivity index (χ0n) is 8.94. The molecule has 1 N–H and O–H groups in total. The number of hydrogen-bond acceptors (Lipinski definition) is 3. The fraction of sp³-hybridized carbons (Fsp3) is 0.111. The lowest BCUT2D eigenvalue weighted by molar-refractivity contribution is -0.137. The predicted molar refractivity (Wildman–Crippen MR) is 60.1 cm³/mol. The maximum absolute atomic E-state index is 12.4. The third-order valence-corrected chi connectivity index (χ3v) is 3.03. The molecule has 0 atom stereocenters. The van der Waals surface area contributed by atoms with Gasteiger partial charge in [0.2, 0.25) is 10.3 Å². The summed E-state index contributed by atoms with van der Waals surface area (Å²) < 4.78 is 59.6. The molecule has 102 valence electrons. The van der Waals surface area contributed by atoms with Crippen molar-refractivity contribution < 1.29 is 21.6 Å². The molecule has 0 spiro atoms. The highest BCUT2D eigenvalue weighted by molar-refractivity contribution is 7.63. The van der Waals surface area contributed by atoms with Crippen LogP contribution in [0.2, 0.25) is 5.02 Å². The van der Waals surface area contributed by atoms with Gasteiger partial charge in [-0.25, -0.2) is 9.67 Å². The van der Waals surface area contributed by atoms with Crippen LogP contribution in [0, 0.1) is 4.64 Å². The van der Waals surface area contributed by atoms with Crippen molar-refractivity contribution in [2.75, 3.05) is 0 Å². The van der Waals surface area contributed by atoms with Crippen molar-refractivity contribution in [2.45, 2.75) is 6.18 Å². The monoisotopic (exact) mass is 311 g/mol. The van der Waals surface area contributed by atoms with Crippen molar-refractivity contribution in [3.63, 3.8) is 0 Å². The second-order valence-electron chi connectivity index (χ2n) is 3.42. The Balaban J connectivity index is 2.55. The SMILES string of the molecule is O=S(=O)=c1ccn(-c2ncc(C(F)(F)F)cc2Cl)[nH]1. The van der Waals surface area contributed by atoms with Crippen LogP contribution in [-0.2, 0) is 16.5 Å². The van der Waals surface area contributed by atoms with Gasteiger partial charge in [-0.1, -0.05) is 11.6 Å². The van der Waals surface area contributed by atoms with Gasteiger partial charge in [0.05, 0.1) is 10.6 Å². The van der Waals surface area contributed by atoms with Crippen LogP contribution in [0.4, 0.5) is 13.2 Å². The molecule has 0 aliphatic carbocycles. The minimum Gasteiger partial charge on any atom is -0.279 e. The average Bonchev–Trinajstić information content (AvgIpc) is 2.76. The maximum Gasteiger partial charge on any atom is 0.417 e. The number of aromatic nitrogens is 3. The Kier molecular flexibility index (Phi) is 3.42. The number of nitrogens with zero attached hydrogens (tertiary/aromatic N) is 2. The number of alkyl halides is 3. The van der Waals surface area contributed by atoms with Crippen LogP contribution in [-0.4, -0.2) is 23.2 Å². The summed E-state index contributed by atoms with van der Waals surface area (Å²) in [6.45, 7) is 0. The van der Waals surface area contributed by atoms with E-state index >= 15 is 0 Å². The molecule has 0 radical (unpaired) electrons. The second kappa shape index (κ2) is 4.74. The van der Waals surface area contributed by atoms with E-state index in [0.29, 0.717) is 12.3 Å². The molecule has 0 bridgehead atoms. The van der Waals surface area contributed by atoms with E-state index in [0.717, 1.165) is 4.68 Å². The zero-order chi connectivity index (χ0) is 14.2. The molecule has 5 nitrogen and oxygen atoms in total. The quantitative estimate of drug-likeness (QED) is 0.822. The van der Waals surface area contributed by atoms with Gasteiger partial charge in [-0.05, 0) is 12.1 Å². The van der Waals surface area contributed by atoms with Crippen molar-refractivity contribution in [3.8, 4) is 5.82 Å². The van der Waals surface area contributed by atoms with Crippen LogP contribution >= 0.6 is 11.6 Å². The number of nitrogens with one attached hydrogen (secondary N) is 1. The lowest BCUT2D eigenvalue weighted by Crippen LogP contribution is -2.08. The number of H-pyrrole nitrogens is 1. The molecular weight excluding hydrogens is 307 g/mol. The third-order valence-electron chi connectivity index (χ3n) is 2.16. The van der Waals surface area contributed by atoms with Crippen molar-refractivity contribution in [1.82, 2.24) is 14.8 Å². The molecule has 0 saturated heterocycles. The molecular formula is C9H5ClF3N3O2S. The van der Waals surface area contributed by atoms with Gasteiger partial charge < -0.3 is 0 Å². The first-order valence-electron chi connectivity index (χ1n) is 4.72. The standard InChI is InChI=1S/C9H5ClF3N3O2S/c10-6-3-5(9(11,12)13)4-14-8(6)16-2-1-7(15-16)19(17)18/h1-4,15H. The number of halogens is 4. The van der Waals surface area contributed by atoms with E-state index in [1.165, 1.54) is 12.3 Å². The van der Waals surface area contributed by atoms with Crippen molar-refractivity contribution in [1.29, 1.82) is 0 Å². The maximum atomic E-state index is 12.4. The van der Waals surface area contributed by atoms with Crippen LogP contribution in [0.25, 0.3) is 5.82 Å². The normalized spacial score (nSPS) is 11.6. The Morgan fingerprint density at radius 1 is 1.37 bits per heavy atom. The number of pyridine rings is 1. The molecule has 0 aromatic carbocycles. The number of aromatic amines is 1. The minimum absolute atomic E-state index is 0.0358. The molecule has 19 heavy (non-hydrogen) atoms. The Labute approximate surface area is 110 Å². The van der Waals surface area contributed by atoms with Crippen molar-refractivity contribution in [2.24, 2.45) is 0 Å². The fourth-order valence-corrected chi connectivity index (χ4v) is 1.92. The Morgan fingerprint density at radius 2 is 2.05 bits per heavy atom. The molecule has 0 unspecified atom stereocenters. The van der Waals surface area contributed by atoms with Gasteiger partial charge in [0.25, 0.3) is 0 Å². The van der Waals surface area contributed by atoms with Gasteiger partial charge in [-0.2, -0.15) is 21.6 Å². The zero-order valence-corrected chi connectivity index (χ0v) is 10.5. The summed E-state index contributed by atoms with van der Waals surface area (Å²) in [7, 11) is -2.48. The summed E-state index contributed by atoms with van der Waals surface area (Å²) in [5, 5.41) is 2.14. The van der Waals surface area contributed by atoms with Crippen molar-refractivity contribution >= 4 is 21.9 Å². The Hall–Kier alpha value is -1.74. The fourth-order valence-electron chi connectivity index (χ4n) is 1.31. The summed E-state index contributed by atoms with van der Waals surface area (Å²) >= 11 is 5.70. The summed E-state index contributed by atoms with van der Waals surface area (Å²) in [5.74, 6) is -0.0358. The van der Waals surface area contributed by atoms with E-state index in [9.17, 15) is 21.6 Å². The highest BCUT2D eigenvalue weighted by Gasteiger charge is 2.31. The molecule has 0 aliphatic heterocycles. The average molecular weight is 312 g/mol. The first-order chi connectivity index (χ1) is 8.79. The molecule has 0 saturated carbocycles. The van der Waals surface area contributed by atoms with E-state index in [2.05, 4.69) is 10.1 Å². The first-order valence-corrected chi connectivity index (χ1v) is 6.17. The van der Waals surface area contributed by atoms with Gasteiger partial charge in [-0.3, -0.25) is 5.10 Å². The molecule has 0 aliphatic rings. The lowest BCUT2D eigenvalue weighted by Gasteiger charge is -2.09. The molecule has 0 fully saturated rings. The van der Waals surface area contributed by atoms with Crippen molar-refractivity contribution in [3.05, 3.63) is 39.8 Å². The van der Waals surface area contributed by atoms with Crippen LogP contribution in [0.3, 0.4) is 0 Å². The van der Waals surface area contributed by atoms with Crippen LogP contribution in [0.5, 0.6) is 0 Å². The van der Waals surface area contributed by atoms with E-state index in [1.807, 2.05) is 0 Å². The number of hydrogen-bond donors (Lipinski definition) is 1. The van der Waals surface area contributed by atoms with E-state index in [-0.39, 0.29) is 15.5 Å². The van der Waals surface area contributed by atoms with Crippen LogP contribution in [0.15, 0.2) is 24.5 Å². The molecule has 2 aromatic heterocycles.